The summed E-state index contributed by atoms with van der Waals surface area (Å²) in [6.45, 7) is 3.99. The topological polar surface area (TPSA) is 212 Å². The molecule has 2 aliphatic rings. The van der Waals surface area contributed by atoms with Gasteiger partial charge in [-0.3, -0.25) is 28.8 Å². The lowest BCUT2D eigenvalue weighted by Crippen LogP contribution is -2.60. The molecule has 2 heterocycles. The zero-order valence-electron chi connectivity index (χ0n) is 39.7. The van der Waals surface area contributed by atoms with Crippen LogP contribution in [0.25, 0.3) is 11.1 Å². The molecule has 0 aromatic heterocycles. The Balaban J connectivity index is 1.23. The van der Waals surface area contributed by atoms with Gasteiger partial charge in [0.2, 0.25) is 35.4 Å². The number of carboxylic acids is 1. The Labute approximate surface area is 418 Å². The van der Waals surface area contributed by atoms with Crippen LogP contribution in [0, 0.1) is 0 Å². The van der Waals surface area contributed by atoms with Crippen molar-refractivity contribution in [3.63, 3.8) is 0 Å². The Morgan fingerprint density at radius 2 is 1.03 bits per heavy atom. The van der Waals surface area contributed by atoms with Crippen LogP contribution in [0.15, 0.2) is 182 Å². The van der Waals surface area contributed by atoms with Crippen molar-refractivity contribution >= 4 is 47.1 Å². The van der Waals surface area contributed by atoms with Gasteiger partial charge in [0.05, 0.1) is 0 Å². The number of carbonyl (C=O) groups is 7. The van der Waals surface area contributed by atoms with Crippen LogP contribution in [-0.4, -0.2) is 76.7 Å². The lowest BCUT2D eigenvalue weighted by atomic mass is 9.98. The summed E-state index contributed by atoms with van der Waals surface area (Å²) < 4.78 is 0. The van der Waals surface area contributed by atoms with Gasteiger partial charge >= 0.3 is 5.97 Å². The molecule has 6 aromatic rings. The first-order valence-corrected chi connectivity index (χ1v) is 23.9. The summed E-state index contributed by atoms with van der Waals surface area (Å²) >= 11 is 0. The predicted octanol–water partition coefficient (Wildman–Crippen LogP) is 6.05. The minimum atomic E-state index is -1.53. The number of aryl methyl sites for hydroxylation is 1. The average molecular weight is 967 g/mol. The molecule has 0 fully saturated rings. The number of anilines is 1. The molecule has 368 valence electrons. The van der Waals surface area contributed by atoms with E-state index in [2.05, 4.69) is 38.5 Å². The largest absolute Gasteiger partial charge is 0.479 e. The van der Waals surface area contributed by atoms with Crippen molar-refractivity contribution in [3.8, 4) is 11.1 Å². The third-order valence-corrected chi connectivity index (χ3v) is 12.4. The van der Waals surface area contributed by atoms with Gasteiger partial charge < -0.3 is 37.0 Å². The lowest BCUT2D eigenvalue weighted by Gasteiger charge is -2.27. The summed E-state index contributed by atoms with van der Waals surface area (Å²) in [5, 5.41) is 27.1. The Bertz CT molecular complexity index is 2830. The van der Waals surface area contributed by atoms with Gasteiger partial charge in [0.15, 0.2) is 0 Å². The number of aliphatic carboxylic acids is 1. The summed E-state index contributed by atoms with van der Waals surface area (Å²) in [5.74, 6) is -5.33. The average Bonchev–Trinajstić information content (AvgIpc) is 3.39. The van der Waals surface area contributed by atoms with Crippen molar-refractivity contribution in [1.82, 2.24) is 26.6 Å². The highest BCUT2D eigenvalue weighted by Gasteiger charge is 2.34. The zero-order chi connectivity index (χ0) is 50.8. The second-order valence-electron chi connectivity index (χ2n) is 17.8. The molecule has 14 nitrogen and oxygen atoms in total. The van der Waals surface area contributed by atoms with E-state index in [4.69, 9.17) is 0 Å². The van der Waals surface area contributed by atoms with Crippen LogP contribution in [0.4, 0.5) is 5.69 Å². The van der Waals surface area contributed by atoms with Crippen LogP contribution in [0.1, 0.15) is 47.1 Å². The van der Waals surface area contributed by atoms with Gasteiger partial charge in [-0.15, -0.1) is 0 Å². The molecule has 6 aromatic carbocycles. The third-order valence-electron chi connectivity index (χ3n) is 12.4. The second-order valence-corrected chi connectivity index (χ2v) is 17.8. The smallest absolute Gasteiger partial charge is 0.330 e. The van der Waals surface area contributed by atoms with E-state index in [1.807, 2.05) is 115 Å². The number of hydrogen-bond acceptors (Lipinski definition) is 7. The quantitative estimate of drug-likeness (QED) is 0.0503. The van der Waals surface area contributed by atoms with E-state index in [0.717, 1.165) is 22.3 Å². The highest BCUT2D eigenvalue weighted by Crippen LogP contribution is 2.21. The number of hydrogen-bond donors (Lipinski definition) is 7. The van der Waals surface area contributed by atoms with Crippen LogP contribution in [-0.2, 0) is 65.7 Å². The number of fused-ring (bicyclic) bond motifs is 18. The summed E-state index contributed by atoms with van der Waals surface area (Å²) in [4.78, 5) is 97.8. The fourth-order valence-electron chi connectivity index (χ4n) is 8.44. The maximum absolute atomic E-state index is 14.8. The van der Waals surface area contributed by atoms with Gasteiger partial charge in [0.1, 0.15) is 30.2 Å². The van der Waals surface area contributed by atoms with E-state index in [1.165, 1.54) is 0 Å². The molecule has 7 N–H and O–H groups in total. The molecule has 0 spiro atoms. The predicted molar refractivity (Wildman–Crippen MR) is 275 cm³/mol. The van der Waals surface area contributed by atoms with E-state index in [9.17, 15) is 38.7 Å². The van der Waals surface area contributed by atoms with Crippen LogP contribution < -0.4 is 31.9 Å². The first kappa shape index (κ1) is 51.2. The molecule has 8 rings (SSSR count). The van der Waals surface area contributed by atoms with Gasteiger partial charge in [0.25, 0.3) is 0 Å². The fourth-order valence-corrected chi connectivity index (χ4v) is 8.44. The van der Waals surface area contributed by atoms with Crippen LogP contribution in [0.3, 0.4) is 0 Å². The van der Waals surface area contributed by atoms with Crippen molar-refractivity contribution < 1.29 is 38.7 Å². The fraction of sp³-hybridized carbons (Fsp3) is 0.224. The molecule has 5 unspecified atom stereocenters. The molecule has 2 aliphatic heterocycles. The Kier molecular flexibility index (Phi) is 18.0. The molecular weight excluding hydrogens is 909 g/mol. The first-order chi connectivity index (χ1) is 34.9. The minimum Gasteiger partial charge on any atom is -0.479 e. The van der Waals surface area contributed by atoms with Crippen molar-refractivity contribution in [2.45, 2.75) is 81.6 Å². The molecule has 5 atom stereocenters. The normalized spacial score (nSPS) is 18.4. The molecule has 0 aliphatic carbocycles. The highest BCUT2D eigenvalue weighted by molar-refractivity contribution is 5.97. The number of benzene rings is 6. The van der Waals surface area contributed by atoms with Crippen molar-refractivity contribution in [2.75, 3.05) is 5.32 Å². The SMILES string of the molecule is C=C(Cc1ccccc1)C(NC(=O)C1Cc2ccc(cc2)NC(=O)CCC(=O)NC(CCc2ccccc2)C(=O)NC(Cc2ccc(-c3ccccc3)cc2)C(=O)NC(Cc2ccccc2)C(=O)N1)C(=O)O. The maximum atomic E-state index is 14.8. The lowest BCUT2D eigenvalue weighted by molar-refractivity contribution is -0.141. The highest BCUT2D eigenvalue weighted by atomic mass is 16.4. The molecular formula is C58H58N6O8. The molecule has 72 heavy (non-hydrogen) atoms. The van der Waals surface area contributed by atoms with E-state index >= 15 is 0 Å². The van der Waals surface area contributed by atoms with Crippen LogP contribution in [0.5, 0.6) is 0 Å². The van der Waals surface area contributed by atoms with E-state index in [0.29, 0.717) is 28.8 Å². The Morgan fingerprint density at radius 1 is 0.542 bits per heavy atom. The van der Waals surface area contributed by atoms with E-state index in [1.54, 1.807) is 54.6 Å². The molecule has 2 bridgehead atoms. The zero-order valence-corrected chi connectivity index (χ0v) is 39.7. The molecule has 0 saturated carbocycles. The van der Waals surface area contributed by atoms with Gasteiger partial charge in [0, 0.05) is 37.8 Å². The Hall–Kier alpha value is -8.65. The molecule has 0 saturated heterocycles. The second kappa shape index (κ2) is 25.3. The standard InChI is InChI=1S/C58H58N6O8/c1-38(34-40-16-8-3-9-17-40)53(58(71)72)64-57(70)50-37-43-24-29-46(30-25-43)59-51(65)32-33-52(66)60-47(31-26-39-14-6-2-7-15-39)54(67)61-49(36-42-22-27-45(28-23-42)44-20-12-5-13-21-44)56(69)62-48(55(68)63-50)35-41-18-10-4-11-19-41/h2-25,27-30,47-50,53H,1,26,31-37H2,(H,59,65)(H,60,66)(H,61,67)(H,62,69)(H,63,68)(H,64,70)(H,71,72). The number of rotatable bonds is 14. The van der Waals surface area contributed by atoms with Crippen LogP contribution >= 0.6 is 0 Å². The van der Waals surface area contributed by atoms with Gasteiger partial charge in [-0.1, -0.05) is 164 Å². The van der Waals surface area contributed by atoms with Crippen molar-refractivity contribution in [2.24, 2.45) is 0 Å². The molecule has 14 heteroatoms. The van der Waals surface area contributed by atoms with Gasteiger partial charge in [-0.05, 0) is 75.9 Å². The number of carbonyl (C=O) groups excluding carboxylic acids is 6. The number of carboxylic acid groups (broad SMARTS) is 1. The maximum Gasteiger partial charge on any atom is 0.330 e. The van der Waals surface area contributed by atoms with Gasteiger partial charge in [-0.25, -0.2) is 4.79 Å². The van der Waals surface area contributed by atoms with Crippen molar-refractivity contribution in [3.05, 3.63) is 210 Å². The summed E-state index contributed by atoms with van der Waals surface area (Å²) in [5.41, 5.74) is 6.11. The van der Waals surface area contributed by atoms with Crippen molar-refractivity contribution in [1.29, 1.82) is 0 Å². The monoisotopic (exact) mass is 966 g/mol. The summed E-state index contributed by atoms with van der Waals surface area (Å²) in [6, 6.07) is 44.5. The number of amides is 6. The van der Waals surface area contributed by atoms with E-state index in [-0.39, 0.29) is 50.5 Å². The number of nitrogens with one attached hydrogen (secondary N) is 6. The third kappa shape index (κ3) is 15.2. The summed E-state index contributed by atoms with van der Waals surface area (Å²) in [6.07, 6.45) is 0.0868. The van der Waals surface area contributed by atoms with E-state index < -0.39 is 71.6 Å². The minimum absolute atomic E-state index is 0.0177. The van der Waals surface area contributed by atoms with Crippen LogP contribution in [0.2, 0.25) is 0 Å². The summed E-state index contributed by atoms with van der Waals surface area (Å²) in [7, 11) is 0. The first-order valence-electron chi connectivity index (χ1n) is 23.9. The molecule has 6 amide bonds. The Morgan fingerprint density at radius 3 is 1.61 bits per heavy atom. The van der Waals surface area contributed by atoms with Gasteiger partial charge in [-0.2, -0.15) is 0 Å². The molecule has 0 radical (unpaired) electrons.